The SMILES string of the molecule is C=C(C)C1CCC2C3CCC4(C)CC(CCC)CCC4C3CCC12C.CO. The number of aliphatic hydroxyl groups excluding tert-OH is 1. The molecule has 0 radical (unpaired) electrons. The topological polar surface area (TPSA) is 20.2 Å². The second kappa shape index (κ2) is 8.21. The summed E-state index contributed by atoms with van der Waals surface area (Å²) in [5.41, 5.74) is 2.74. The van der Waals surface area contributed by atoms with E-state index in [1.807, 2.05) is 0 Å². The molecule has 0 bridgehead atoms. The molecule has 0 spiro atoms. The minimum Gasteiger partial charge on any atom is -0.400 e. The van der Waals surface area contributed by atoms with Crippen LogP contribution >= 0.6 is 0 Å². The van der Waals surface area contributed by atoms with Crippen molar-refractivity contribution in [1.29, 1.82) is 0 Å². The van der Waals surface area contributed by atoms with Gasteiger partial charge in [0, 0.05) is 7.11 Å². The van der Waals surface area contributed by atoms with Gasteiger partial charge in [0.1, 0.15) is 0 Å². The number of hydrogen-bond acceptors (Lipinski definition) is 1. The number of fused-ring (bicyclic) bond motifs is 5. The molecule has 0 amide bonds. The van der Waals surface area contributed by atoms with E-state index in [1.165, 1.54) is 56.9 Å². The molecule has 8 atom stereocenters. The molecule has 0 saturated heterocycles. The van der Waals surface area contributed by atoms with Crippen LogP contribution < -0.4 is 0 Å². The Morgan fingerprint density at radius 1 is 0.926 bits per heavy atom. The summed E-state index contributed by atoms with van der Waals surface area (Å²) in [4.78, 5) is 0. The van der Waals surface area contributed by atoms with E-state index in [-0.39, 0.29) is 0 Å². The number of rotatable bonds is 3. The van der Waals surface area contributed by atoms with E-state index in [2.05, 4.69) is 34.3 Å². The fourth-order valence-electron chi connectivity index (χ4n) is 8.89. The number of allylic oxidation sites excluding steroid dienone is 1. The van der Waals surface area contributed by atoms with Crippen molar-refractivity contribution in [3.63, 3.8) is 0 Å². The van der Waals surface area contributed by atoms with Crippen LogP contribution in [-0.2, 0) is 0 Å². The maximum Gasteiger partial charge on any atom is 0.0319 e. The highest BCUT2D eigenvalue weighted by molar-refractivity contribution is 5.14. The Labute approximate surface area is 169 Å². The van der Waals surface area contributed by atoms with Gasteiger partial charge in [-0.1, -0.05) is 52.2 Å². The minimum absolute atomic E-state index is 0.583. The summed E-state index contributed by atoms with van der Waals surface area (Å²) in [6.45, 7) is 14.4. The molecule has 0 aliphatic heterocycles. The normalized spacial score (nSPS) is 48.5. The van der Waals surface area contributed by atoms with Crippen molar-refractivity contribution >= 4 is 0 Å². The largest absolute Gasteiger partial charge is 0.400 e. The van der Waals surface area contributed by atoms with Crippen LogP contribution in [0.5, 0.6) is 0 Å². The zero-order chi connectivity index (χ0) is 19.8. The summed E-state index contributed by atoms with van der Waals surface area (Å²) in [5, 5.41) is 7.00. The van der Waals surface area contributed by atoms with Crippen molar-refractivity contribution in [2.24, 2.45) is 46.3 Å². The molecule has 0 aromatic rings. The van der Waals surface area contributed by atoms with Crippen molar-refractivity contribution in [2.75, 3.05) is 7.11 Å². The molecule has 1 heteroatoms. The van der Waals surface area contributed by atoms with Gasteiger partial charge in [0.2, 0.25) is 0 Å². The van der Waals surface area contributed by atoms with Crippen molar-refractivity contribution in [2.45, 2.75) is 98.3 Å². The lowest BCUT2D eigenvalue weighted by molar-refractivity contribution is -0.102. The van der Waals surface area contributed by atoms with E-state index in [4.69, 9.17) is 5.11 Å². The van der Waals surface area contributed by atoms with E-state index in [1.54, 1.807) is 19.3 Å². The first-order valence-corrected chi connectivity index (χ1v) is 12.0. The first kappa shape index (κ1) is 21.4. The maximum atomic E-state index is 7.00. The van der Waals surface area contributed by atoms with Crippen LogP contribution in [0.2, 0.25) is 0 Å². The van der Waals surface area contributed by atoms with Crippen LogP contribution in [0.3, 0.4) is 0 Å². The van der Waals surface area contributed by atoms with E-state index >= 15 is 0 Å². The number of hydrogen-bond donors (Lipinski definition) is 1. The molecular weight excluding hydrogens is 328 g/mol. The predicted octanol–water partition coefficient (Wildman–Crippen LogP) is 7.25. The van der Waals surface area contributed by atoms with Crippen LogP contribution in [0.15, 0.2) is 12.2 Å². The van der Waals surface area contributed by atoms with Gasteiger partial charge < -0.3 is 5.11 Å². The van der Waals surface area contributed by atoms with Crippen molar-refractivity contribution in [3.8, 4) is 0 Å². The van der Waals surface area contributed by atoms with Crippen LogP contribution in [0.4, 0.5) is 0 Å². The second-order valence-electron chi connectivity index (χ2n) is 11.2. The van der Waals surface area contributed by atoms with Gasteiger partial charge in [-0.15, -0.1) is 0 Å². The molecule has 8 unspecified atom stereocenters. The summed E-state index contributed by atoms with van der Waals surface area (Å²) in [5.74, 6) is 6.01. The summed E-state index contributed by atoms with van der Waals surface area (Å²) >= 11 is 0. The number of aliphatic hydroxyl groups is 1. The molecule has 0 heterocycles. The first-order valence-electron chi connectivity index (χ1n) is 12.0. The molecule has 1 N–H and O–H groups in total. The van der Waals surface area contributed by atoms with E-state index in [9.17, 15) is 0 Å². The first-order chi connectivity index (χ1) is 12.9. The standard InChI is InChI=1S/C25H42.CH4O/c1-6-7-18-8-9-22-19-13-15-25(5)21(17(2)3)10-11-23(25)20(19)12-14-24(22,4)16-18;1-2/h18-23H,2,6-16H2,1,3-5H3;2H,1H3. The highest BCUT2D eigenvalue weighted by Crippen LogP contribution is 2.67. The Morgan fingerprint density at radius 2 is 1.56 bits per heavy atom. The van der Waals surface area contributed by atoms with E-state index < -0.39 is 0 Å². The third-order valence-electron chi connectivity index (χ3n) is 9.89. The molecule has 27 heavy (non-hydrogen) atoms. The monoisotopic (exact) mass is 374 g/mol. The fraction of sp³-hybridized carbons (Fsp3) is 0.923. The Balaban J connectivity index is 0.00000102. The van der Waals surface area contributed by atoms with Gasteiger partial charge in [0.05, 0.1) is 0 Å². The van der Waals surface area contributed by atoms with Crippen LogP contribution in [0.1, 0.15) is 98.3 Å². The van der Waals surface area contributed by atoms with Crippen LogP contribution in [0, 0.1) is 46.3 Å². The lowest BCUT2D eigenvalue weighted by Gasteiger charge is -2.60. The molecule has 0 aromatic carbocycles. The van der Waals surface area contributed by atoms with Gasteiger partial charge in [0.25, 0.3) is 0 Å². The van der Waals surface area contributed by atoms with Gasteiger partial charge >= 0.3 is 0 Å². The molecule has 4 saturated carbocycles. The smallest absolute Gasteiger partial charge is 0.0319 e. The second-order valence-corrected chi connectivity index (χ2v) is 11.2. The molecule has 4 fully saturated rings. The van der Waals surface area contributed by atoms with E-state index in [0.29, 0.717) is 10.8 Å². The average molecular weight is 375 g/mol. The molecular formula is C26H46O. The average Bonchev–Trinajstić information content (AvgIpc) is 3.00. The summed E-state index contributed by atoms with van der Waals surface area (Å²) < 4.78 is 0. The molecule has 4 aliphatic rings. The Bertz CT molecular complexity index is 524. The lowest BCUT2D eigenvalue weighted by Crippen LogP contribution is -2.52. The molecule has 156 valence electrons. The Hall–Kier alpha value is -0.300. The van der Waals surface area contributed by atoms with Gasteiger partial charge in [-0.3, -0.25) is 0 Å². The minimum atomic E-state index is 0.583. The highest BCUT2D eigenvalue weighted by atomic mass is 16.2. The maximum absolute atomic E-state index is 7.00. The summed E-state index contributed by atoms with van der Waals surface area (Å²) in [6.07, 6.45) is 16.5. The molecule has 0 aromatic heterocycles. The van der Waals surface area contributed by atoms with Crippen LogP contribution in [-0.4, -0.2) is 12.2 Å². The van der Waals surface area contributed by atoms with Crippen molar-refractivity contribution in [3.05, 3.63) is 12.2 Å². The summed E-state index contributed by atoms with van der Waals surface area (Å²) in [6, 6.07) is 0. The van der Waals surface area contributed by atoms with E-state index in [0.717, 1.165) is 42.6 Å². The predicted molar refractivity (Wildman–Crippen MR) is 117 cm³/mol. The van der Waals surface area contributed by atoms with Crippen molar-refractivity contribution in [1.82, 2.24) is 0 Å². The van der Waals surface area contributed by atoms with Gasteiger partial charge in [-0.2, -0.15) is 0 Å². The molecule has 1 nitrogen and oxygen atoms in total. The zero-order valence-corrected chi connectivity index (χ0v) is 18.9. The molecule has 4 aliphatic carbocycles. The zero-order valence-electron chi connectivity index (χ0n) is 18.9. The Morgan fingerprint density at radius 3 is 2.22 bits per heavy atom. The van der Waals surface area contributed by atoms with Gasteiger partial charge in [-0.05, 0) is 105 Å². The van der Waals surface area contributed by atoms with Crippen molar-refractivity contribution < 1.29 is 5.11 Å². The lowest BCUT2D eigenvalue weighted by atomic mass is 9.45. The fourth-order valence-corrected chi connectivity index (χ4v) is 8.89. The summed E-state index contributed by atoms with van der Waals surface area (Å²) in [7, 11) is 1.00. The highest BCUT2D eigenvalue weighted by Gasteiger charge is 2.58. The van der Waals surface area contributed by atoms with Crippen LogP contribution in [0.25, 0.3) is 0 Å². The third-order valence-corrected chi connectivity index (χ3v) is 9.89. The Kier molecular flexibility index (Phi) is 6.51. The third kappa shape index (κ3) is 3.56. The molecule has 4 rings (SSSR count). The van der Waals surface area contributed by atoms with Gasteiger partial charge in [-0.25, -0.2) is 0 Å². The quantitative estimate of drug-likeness (QED) is 0.516. The van der Waals surface area contributed by atoms with Gasteiger partial charge in [0.15, 0.2) is 0 Å².